The van der Waals surface area contributed by atoms with Crippen molar-refractivity contribution in [2.24, 2.45) is 0 Å². The van der Waals surface area contributed by atoms with E-state index in [4.69, 9.17) is 12.2 Å². The molecule has 0 saturated carbocycles. The van der Waals surface area contributed by atoms with E-state index in [0.29, 0.717) is 12.0 Å². The Hall–Kier alpha value is -0.570. The van der Waals surface area contributed by atoms with Gasteiger partial charge in [0.05, 0.1) is 0 Å². The molecular weight excluding hydrogens is 228 g/mol. The number of aromatic nitrogens is 2. The van der Waals surface area contributed by atoms with Crippen molar-refractivity contribution in [2.75, 3.05) is 0 Å². The number of imidazole rings is 1. The van der Waals surface area contributed by atoms with E-state index < -0.39 is 0 Å². The molecule has 1 rings (SSSR count). The fourth-order valence-corrected chi connectivity index (χ4v) is 2.70. The molecule has 1 aromatic rings. The van der Waals surface area contributed by atoms with Crippen molar-refractivity contribution in [3.05, 3.63) is 16.7 Å². The number of aromatic amines is 1. The summed E-state index contributed by atoms with van der Waals surface area (Å²) in [5, 5.41) is 0. The third-order valence-corrected chi connectivity index (χ3v) is 3.62. The molecule has 0 bridgehead atoms. The summed E-state index contributed by atoms with van der Waals surface area (Å²) in [7, 11) is 0. The average Bonchev–Trinajstić information content (AvgIpc) is 2.66. The minimum atomic E-state index is 0.531. The molecule has 1 atom stereocenters. The second kappa shape index (κ2) is 7.00. The van der Waals surface area contributed by atoms with Gasteiger partial charge in [0.2, 0.25) is 0 Å². The highest BCUT2D eigenvalue weighted by molar-refractivity contribution is 7.71. The normalized spacial score (nSPS) is 13.2. The van der Waals surface area contributed by atoms with Gasteiger partial charge >= 0.3 is 0 Å². The van der Waals surface area contributed by atoms with E-state index in [2.05, 4.69) is 43.4 Å². The molecule has 3 heteroatoms. The average molecular weight is 254 g/mol. The Balaban J connectivity index is 2.99. The van der Waals surface area contributed by atoms with Crippen LogP contribution >= 0.6 is 12.2 Å². The molecule has 0 spiro atoms. The second-order valence-corrected chi connectivity index (χ2v) is 5.51. The summed E-state index contributed by atoms with van der Waals surface area (Å²) in [6.45, 7) is 8.97. The summed E-state index contributed by atoms with van der Waals surface area (Å²) in [5.41, 5.74) is 1.35. The zero-order valence-electron chi connectivity index (χ0n) is 11.6. The van der Waals surface area contributed by atoms with Gasteiger partial charge in [0.1, 0.15) is 0 Å². The Labute approximate surface area is 110 Å². The van der Waals surface area contributed by atoms with Gasteiger partial charge in [-0.15, -0.1) is 0 Å². The third-order valence-electron chi connectivity index (χ3n) is 3.31. The van der Waals surface area contributed by atoms with Crippen LogP contribution in [0.5, 0.6) is 0 Å². The van der Waals surface area contributed by atoms with Crippen LogP contribution in [0.2, 0.25) is 0 Å². The van der Waals surface area contributed by atoms with Crippen molar-refractivity contribution in [1.29, 1.82) is 0 Å². The predicted octanol–water partition coefficient (Wildman–Crippen LogP) is 5.20. The first kappa shape index (κ1) is 14.5. The Morgan fingerprint density at radius 1 is 1.24 bits per heavy atom. The maximum absolute atomic E-state index is 5.44. The summed E-state index contributed by atoms with van der Waals surface area (Å²) in [6.07, 6.45) is 8.33. The van der Waals surface area contributed by atoms with E-state index in [-0.39, 0.29) is 0 Å². The van der Waals surface area contributed by atoms with Gasteiger partial charge in [-0.1, -0.05) is 47.0 Å². The third kappa shape index (κ3) is 3.70. The maximum Gasteiger partial charge on any atom is 0.177 e. The van der Waals surface area contributed by atoms with Crippen molar-refractivity contribution in [1.82, 2.24) is 9.55 Å². The van der Waals surface area contributed by atoms with Gasteiger partial charge in [0.25, 0.3) is 0 Å². The lowest BCUT2D eigenvalue weighted by atomic mass is 10.0. The number of hydrogen-bond donors (Lipinski definition) is 1. The van der Waals surface area contributed by atoms with Gasteiger partial charge in [0.15, 0.2) is 4.77 Å². The van der Waals surface area contributed by atoms with E-state index in [9.17, 15) is 0 Å². The molecule has 0 aliphatic carbocycles. The smallest absolute Gasteiger partial charge is 0.177 e. The van der Waals surface area contributed by atoms with Crippen molar-refractivity contribution in [3.63, 3.8) is 0 Å². The van der Waals surface area contributed by atoms with Gasteiger partial charge in [-0.3, -0.25) is 0 Å². The topological polar surface area (TPSA) is 20.7 Å². The molecule has 98 valence electrons. The largest absolute Gasteiger partial charge is 0.337 e. The number of H-pyrrole nitrogens is 1. The minimum Gasteiger partial charge on any atom is -0.337 e. The first-order valence-corrected chi connectivity index (χ1v) is 7.32. The summed E-state index contributed by atoms with van der Waals surface area (Å²) < 4.78 is 3.25. The molecule has 1 N–H and O–H groups in total. The zero-order chi connectivity index (χ0) is 12.8. The Bertz CT molecular complexity index is 376. The van der Waals surface area contributed by atoms with Crippen LogP contribution in [0.25, 0.3) is 0 Å². The van der Waals surface area contributed by atoms with Crippen LogP contribution < -0.4 is 0 Å². The zero-order valence-corrected chi connectivity index (χ0v) is 12.4. The molecule has 1 heterocycles. The van der Waals surface area contributed by atoms with Crippen LogP contribution in [-0.4, -0.2) is 9.55 Å². The number of nitrogens with zero attached hydrogens (tertiary/aromatic N) is 1. The van der Waals surface area contributed by atoms with Gasteiger partial charge in [-0.25, -0.2) is 0 Å². The highest BCUT2D eigenvalue weighted by Gasteiger charge is 2.16. The molecule has 0 saturated heterocycles. The van der Waals surface area contributed by atoms with Crippen LogP contribution in [0.1, 0.15) is 77.5 Å². The highest BCUT2D eigenvalue weighted by Crippen LogP contribution is 2.26. The molecule has 0 aliphatic rings. The first-order valence-electron chi connectivity index (χ1n) is 6.91. The number of unbranched alkanes of at least 4 members (excludes halogenated alkanes) is 1. The Kier molecular flexibility index (Phi) is 5.96. The highest BCUT2D eigenvalue weighted by atomic mass is 32.1. The van der Waals surface area contributed by atoms with Crippen LogP contribution in [-0.2, 0) is 0 Å². The van der Waals surface area contributed by atoms with Crippen molar-refractivity contribution >= 4 is 12.2 Å². The van der Waals surface area contributed by atoms with Crippen LogP contribution in [0.15, 0.2) is 6.20 Å². The lowest BCUT2D eigenvalue weighted by molar-refractivity contribution is 0.399. The van der Waals surface area contributed by atoms with Crippen LogP contribution in [0.3, 0.4) is 0 Å². The lowest BCUT2D eigenvalue weighted by Crippen LogP contribution is -2.13. The van der Waals surface area contributed by atoms with E-state index in [1.54, 1.807) is 0 Å². The summed E-state index contributed by atoms with van der Waals surface area (Å²) in [5.74, 6) is 0.531. The standard InChI is InChI=1S/C14H26N2S/c1-5-7-9-12(8-6-2)16-13(11(3)4)10-15-14(16)17/h10-12H,5-9H2,1-4H3,(H,15,17). The van der Waals surface area contributed by atoms with Crippen LogP contribution in [0.4, 0.5) is 0 Å². The molecule has 0 aliphatic heterocycles. The summed E-state index contributed by atoms with van der Waals surface area (Å²) in [6, 6.07) is 0.580. The molecule has 0 radical (unpaired) electrons. The molecule has 1 aromatic heterocycles. The van der Waals surface area contributed by atoms with Crippen molar-refractivity contribution in [2.45, 2.75) is 71.8 Å². The van der Waals surface area contributed by atoms with E-state index in [0.717, 1.165) is 4.77 Å². The SMILES string of the molecule is CCCCC(CCC)n1c(C(C)C)c[nH]c1=S. The molecule has 1 unspecified atom stereocenters. The van der Waals surface area contributed by atoms with Gasteiger partial charge in [0, 0.05) is 17.9 Å². The molecule has 0 fully saturated rings. The summed E-state index contributed by atoms with van der Waals surface area (Å²) in [4.78, 5) is 3.21. The van der Waals surface area contributed by atoms with Crippen LogP contribution in [0, 0.1) is 4.77 Å². The fraction of sp³-hybridized carbons (Fsp3) is 0.786. The number of hydrogen-bond acceptors (Lipinski definition) is 1. The van der Waals surface area contributed by atoms with E-state index in [1.165, 1.54) is 37.8 Å². The molecule has 0 amide bonds. The van der Waals surface area contributed by atoms with Crippen molar-refractivity contribution in [3.8, 4) is 0 Å². The summed E-state index contributed by atoms with van der Waals surface area (Å²) >= 11 is 5.44. The molecule has 2 nitrogen and oxygen atoms in total. The lowest BCUT2D eigenvalue weighted by Gasteiger charge is -2.22. The predicted molar refractivity (Wildman–Crippen MR) is 77.2 cm³/mol. The molecule has 17 heavy (non-hydrogen) atoms. The quantitative estimate of drug-likeness (QED) is 0.663. The monoisotopic (exact) mass is 254 g/mol. The minimum absolute atomic E-state index is 0.531. The van der Waals surface area contributed by atoms with Crippen molar-refractivity contribution < 1.29 is 0 Å². The Morgan fingerprint density at radius 3 is 2.47 bits per heavy atom. The number of nitrogens with one attached hydrogen (secondary N) is 1. The second-order valence-electron chi connectivity index (χ2n) is 5.13. The Morgan fingerprint density at radius 2 is 1.94 bits per heavy atom. The first-order chi connectivity index (χ1) is 8.11. The van der Waals surface area contributed by atoms with Gasteiger partial charge in [-0.05, 0) is 31.0 Å². The maximum atomic E-state index is 5.44. The molecular formula is C14H26N2S. The fourth-order valence-electron chi connectivity index (χ4n) is 2.39. The van der Waals surface area contributed by atoms with Gasteiger partial charge < -0.3 is 9.55 Å². The van der Waals surface area contributed by atoms with Gasteiger partial charge in [-0.2, -0.15) is 0 Å². The molecule has 0 aromatic carbocycles. The van der Waals surface area contributed by atoms with E-state index in [1.807, 2.05) is 0 Å². The van der Waals surface area contributed by atoms with E-state index >= 15 is 0 Å². The number of rotatable bonds is 7.